The summed E-state index contributed by atoms with van der Waals surface area (Å²) < 4.78 is 18.7. The normalized spacial score (nSPS) is 10.6. The number of ether oxygens (including phenoxy) is 1. The molecule has 1 amide bonds. The van der Waals surface area contributed by atoms with E-state index in [2.05, 4.69) is 20.9 Å². The maximum Gasteiger partial charge on any atom is 0.251 e. The van der Waals surface area contributed by atoms with Crippen molar-refractivity contribution in [1.29, 1.82) is 0 Å². The SMILES string of the molecule is CN=C(NCCNC(=O)c1ccc(OC)cc1)NCCc1ccccc1F.I. The van der Waals surface area contributed by atoms with E-state index < -0.39 is 0 Å². The number of benzene rings is 2. The van der Waals surface area contributed by atoms with Gasteiger partial charge in [0.1, 0.15) is 11.6 Å². The molecule has 0 saturated carbocycles. The number of hydrogen-bond acceptors (Lipinski definition) is 3. The molecule has 0 aliphatic rings. The molecule has 8 heteroatoms. The van der Waals surface area contributed by atoms with E-state index in [4.69, 9.17) is 4.74 Å². The van der Waals surface area contributed by atoms with E-state index in [0.29, 0.717) is 48.9 Å². The zero-order valence-corrected chi connectivity index (χ0v) is 18.3. The highest BCUT2D eigenvalue weighted by Gasteiger charge is 2.05. The zero-order chi connectivity index (χ0) is 19.5. The Morgan fingerprint density at radius 3 is 2.29 bits per heavy atom. The number of amides is 1. The molecule has 0 heterocycles. The summed E-state index contributed by atoms with van der Waals surface area (Å²) in [6, 6.07) is 13.6. The van der Waals surface area contributed by atoms with Crippen molar-refractivity contribution in [3.05, 3.63) is 65.5 Å². The molecule has 2 aromatic carbocycles. The molecule has 2 aromatic rings. The van der Waals surface area contributed by atoms with Crippen molar-refractivity contribution >= 4 is 35.8 Å². The number of methoxy groups -OCH3 is 1. The highest BCUT2D eigenvalue weighted by molar-refractivity contribution is 14.0. The number of carbonyl (C=O) groups excluding carboxylic acids is 1. The summed E-state index contributed by atoms with van der Waals surface area (Å²) in [5.74, 6) is 0.953. The van der Waals surface area contributed by atoms with Crippen molar-refractivity contribution in [3.8, 4) is 5.75 Å². The van der Waals surface area contributed by atoms with Gasteiger partial charge in [-0.3, -0.25) is 9.79 Å². The summed E-state index contributed by atoms with van der Waals surface area (Å²) >= 11 is 0. The third-order valence-corrected chi connectivity index (χ3v) is 3.92. The van der Waals surface area contributed by atoms with Crippen LogP contribution in [-0.4, -0.2) is 45.7 Å². The van der Waals surface area contributed by atoms with Crippen LogP contribution >= 0.6 is 24.0 Å². The average molecular weight is 500 g/mol. The van der Waals surface area contributed by atoms with E-state index in [0.717, 1.165) is 0 Å². The predicted molar refractivity (Wildman–Crippen MR) is 120 cm³/mol. The average Bonchev–Trinajstić information content (AvgIpc) is 2.71. The van der Waals surface area contributed by atoms with Gasteiger partial charge < -0.3 is 20.7 Å². The Bertz CT molecular complexity index is 769. The third-order valence-electron chi connectivity index (χ3n) is 3.92. The van der Waals surface area contributed by atoms with Gasteiger partial charge >= 0.3 is 0 Å². The fraction of sp³-hybridized carbons (Fsp3) is 0.300. The van der Waals surface area contributed by atoms with Crippen LogP contribution in [0.1, 0.15) is 15.9 Å². The summed E-state index contributed by atoms with van der Waals surface area (Å²) in [4.78, 5) is 16.2. The number of carbonyl (C=O) groups is 1. The smallest absolute Gasteiger partial charge is 0.251 e. The first-order valence-corrected chi connectivity index (χ1v) is 8.74. The largest absolute Gasteiger partial charge is 0.497 e. The van der Waals surface area contributed by atoms with Crippen LogP contribution in [0.2, 0.25) is 0 Å². The van der Waals surface area contributed by atoms with Crippen LogP contribution in [0.4, 0.5) is 4.39 Å². The molecule has 0 bridgehead atoms. The quantitative estimate of drug-likeness (QED) is 0.226. The van der Waals surface area contributed by atoms with Crippen LogP contribution in [0.3, 0.4) is 0 Å². The highest BCUT2D eigenvalue weighted by atomic mass is 127. The Morgan fingerprint density at radius 2 is 1.64 bits per heavy atom. The van der Waals surface area contributed by atoms with Gasteiger partial charge in [0.15, 0.2) is 5.96 Å². The lowest BCUT2D eigenvalue weighted by Crippen LogP contribution is -2.42. The lowest BCUT2D eigenvalue weighted by molar-refractivity contribution is 0.0954. The Hall–Kier alpha value is -2.36. The van der Waals surface area contributed by atoms with E-state index in [9.17, 15) is 9.18 Å². The van der Waals surface area contributed by atoms with E-state index in [1.807, 2.05) is 6.07 Å². The van der Waals surface area contributed by atoms with Crippen LogP contribution in [0.15, 0.2) is 53.5 Å². The van der Waals surface area contributed by atoms with Gasteiger partial charge in [-0.25, -0.2) is 4.39 Å². The van der Waals surface area contributed by atoms with Gasteiger partial charge in [0.2, 0.25) is 0 Å². The third kappa shape index (κ3) is 7.71. The van der Waals surface area contributed by atoms with E-state index in [-0.39, 0.29) is 35.7 Å². The molecule has 0 aliphatic carbocycles. The molecule has 0 aliphatic heterocycles. The van der Waals surface area contributed by atoms with Gasteiger partial charge in [-0.05, 0) is 42.3 Å². The number of rotatable bonds is 8. The summed E-state index contributed by atoms with van der Waals surface area (Å²) in [6.07, 6.45) is 0.557. The summed E-state index contributed by atoms with van der Waals surface area (Å²) in [7, 11) is 3.24. The first-order chi connectivity index (χ1) is 13.1. The van der Waals surface area contributed by atoms with Crippen molar-refractivity contribution in [2.75, 3.05) is 33.8 Å². The van der Waals surface area contributed by atoms with Gasteiger partial charge in [0, 0.05) is 32.2 Å². The van der Waals surface area contributed by atoms with Gasteiger partial charge in [-0.1, -0.05) is 18.2 Å². The van der Waals surface area contributed by atoms with E-state index in [1.54, 1.807) is 50.6 Å². The van der Waals surface area contributed by atoms with Crippen LogP contribution in [0.5, 0.6) is 5.75 Å². The molecule has 2 rings (SSSR count). The maximum atomic E-state index is 13.6. The molecule has 6 nitrogen and oxygen atoms in total. The minimum absolute atomic E-state index is 0. The topological polar surface area (TPSA) is 74.8 Å². The van der Waals surface area contributed by atoms with Gasteiger partial charge in [0.25, 0.3) is 5.91 Å². The molecular formula is C20H26FIN4O2. The summed E-state index contributed by atoms with van der Waals surface area (Å²) in [6.45, 7) is 1.51. The van der Waals surface area contributed by atoms with Crippen LogP contribution in [-0.2, 0) is 6.42 Å². The molecule has 0 saturated heterocycles. The van der Waals surface area contributed by atoms with Crippen LogP contribution in [0, 0.1) is 5.82 Å². The number of halogens is 2. The molecule has 152 valence electrons. The second-order valence-corrected chi connectivity index (χ2v) is 5.75. The Morgan fingerprint density at radius 1 is 1.00 bits per heavy atom. The fourth-order valence-corrected chi connectivity index (χ4v) is 2.44. The van der Waals surface area contributed by atoms with Crippen molar-refractivity contribution in [3.63, 3.8) is 0 Å². The summed E-state index contributed by atoms with van der Waals surface area (Å²) in [5.41, 5.74) is 1.23. The number of nitrogens with one attached hydrogen (secondary N) is 3. The molecule has 0 radical (unpaired) electrons. The highest BCUT2D eigenvalue weighted by Crippen LogP contribution is 2.10. The monoisotopic (exact) mass is 500 g/mol. The molecule has 0 aromatic heterocycles. The van der Waals surface area contributed by atoms with E-state index >= 15 is 0 Å². The number of guanidine groups is 1. The molecule has 0 unspecified atom stereocenters. The van der Waals surface area contributed by atoms with Crippen molar-refractivity contribution < 1.29 is 13.9 Å². The van der Waals surface area contributed by atoms with Gasteiger partial charge in [0.05, 0.1) is 7.11 Å². The predicted octanol–water partition coefficient (Wildman–Crippen LogP) is 2.59. The summed E-state index contributed by atoms with van der Waals surface area (Å²) in [5, 5.41) is 9.06. The van der Waals surface area contributed by atoms with Gasteiger partial charge in [-0.15, -0.1) is 24.0 Å². The van der Waals surface area contributed by atoms with Crippen molar-refractivity contribution in [1.82, 2.24) is 16.0 Å². The second kappa shape index (κ2) is 12.9. The van der Waals surface area contributed by atoms with E-state index in [1.165, 1.54) is 6.07 Å². The lowest BCUT2D eigenvalue weighted by atomic mass is 10.1. The molecule has 0 spiro atoms. The second-order valence-electron chi connectivity index (χ2n) is 5.75. The number of hydrogen-bond donors (Lipinski definition) is 3. The fourth-order valence-electron chi connectivity index (χ4n) is 2.44. The maximum absolute atomic E-state index is 13.6. The first-order valence-electron chi connectivity index (χ1n) is 8.74. The molecular weight excluding hydrogens is 474 g/mol. The van der Waals surface area contributed by atoms with Gasteiger partial charge in [-0.2, -0.15) is 0 Å². The standard InChI is InChI=1S/C20H25FN4O2.HI/c1-22-20(24-12-11-15-5-3-4-6-18(15)21)25-14-13-23-19(26)16-7-9-17(27-2)10-8-16;/h3-10H,11-14H2,1-2H3,(H,23,26)(H2,22,24,25);1H. The minimum atomic E-state index is -0.205. The number of nitrogens with zero attached hydrogens (tertiary/aromatic N) is 1. The molecule has 0 fully saturated rings. The van der Waals surface area contributed by atoms with Crippen LogP contribution in [0.25, 0.3) is 0 Å². The molecule has 3 N–H and O–H groups in total. The number of aliphatic imine (C=N–C) groups is 1. The Balaban J connectivity index is 0.00000392. The van der Waals surface area contributed by atoms with Crippen molar-refractivity contribution in [2.24, 2.45) is 4.99 Å². The Kier molecular flexibility index (Phi) is 10.9. The molecule has 28 heavy (non-hydrogen) atoms. The van der Waals surface area contributed by atoms with Crippen LogP contribution < -0.4 is 20.7 Å². The first kappa shape index (κ1) is 23.7. The van der Waals surface area contributed by atoms with Crippen molar-refractivity contribution in [2.45, 2.75) is 6.42 Å². The zero-order valence-electron chi connectivity index (χ0n) is 16.0. The molecule has 0 atom stereocenters. The lowest BCUT2D eigenvalue weighted by Gasteiger charge is -2.12. The Labute approximate surface area is 182 Å². The minimum Gasteiger partial charge on any atom is -0.497 e.